The predicted octanol–water partition coefficient (Wildman–Crippen LogP) is 1.56. The fourth-order valence-corrected chi connectivity index (χ4v) is 4.77. The number of benzene rings is 2. The normalized spacial score (nSPS) is 19.4. The molecule has 0 saturated carbocycles. The van der Waals surface area contributed by atoms with E-state index in [0.717, 1.165) is 24.2 Å². The highest BCUT2D eigenvalue weighted by Crippen LogP contribution is 2.23. The van der Waals surface area contributed by atoms with Crippen molar-refractivity contribution in [2.24, 2.45) is 4.99 Å². The molecule has 8 nitrogen and oxygen atoms in total. The molecule has 1 atom stereocenters. The number of nitrogens with one attached hydrogen (secondary N) is 2. The second-order valence-corrected chi connectivity index (χ2v) is 8.94. The van der Waals surface area contributed by atoms with E-state index in [-0.39, 0.29) is 22.5 Å². The van der Waals surface area contributed by atoms with Gasteiger partial charge in [0.15, 0.2) is 0 Å². The van der Waals surface area contributed by atoms with Crippen molar-refractivity contribution in [1.29, 1.82) is 0 Å². The molecule has 0 unspecified atom stereocenters. The summed E-state index contributed by atoms with van der Waals surface area (Å²) in [4.78, 5) is 30.5. The van der Waals surface area contributed by atoms with Crippen molar-refractivity contribution in [3.8, 4) is 0 Å². The topological polar surface area (TPSA) is 108 Å². The molecular formula is C21H22N4O4S. The standard InChI is InChI=1S/C21H22N4O4S/c1-14(23-20-17-5-2-3-6-18(17)30(28,29)24-20)21(27)22-13-15-8-10-16(11-9-15)25-12-4-7-19(25)26/h2-3,5-6,8-11,14H,4,7,12-13H2,1H3,(H,22,27)(H,23,24)/t14-/m1/s1. The average molecular weight is 426 g/mol. The summed E-state index contributed by atoms with van der Waals surface area (Å²) >= 11 is 0. The molecule has 0 aliphatic carbocycles. The van der Waals surface area contributed by atoms with Crippen LogP contribution in [0, 0.1) is 0 Å². The molecule has 0 spiro atoms. The molecule has 2 amide bonds. The minimum Gasteiger partial charge on any atom is -0.350 e. The molecule has 2 heterocycles. The van der Waals surface area contributed by atoms with Crippen molar-refractivity contribution < 1.29 is 18.0 Å². The van der Waals surface area contributed by atoms with E-state index in [2.05, 4.69) is 15.0 Å². The molecule has 1 saturated heterocycles. The quantitative estimate of drug-likeness (QED) is 0.756. The summed E-state index contributed by atoms with van der Waals surface area (Å²) in [6.07, 6.45) is 1.45. The van der Waals surface area contributed by atoms with Crippen molar-refractivity contribution in [3.05, 3.63) is 59.7 Å². The van der Waals surface area contributed by atoms with Crippen LogP contribution in [0.5, 0.6) is 0 Å². The molecule has 1 fully saturated rings. The van der Waals surface area contributed by atoms with Gasteiger partial charge in [-0.2, -0.15) is 0 Å². The van der Waals surface area contributed by atoms with E-state index in [1.807, 2.05) is 24.3 Å². The lowest BCUT2D eigenvalue weighted by molar-refractivity contribution is -0.122. The number of carbonyl (C=O) groups excluding carboxylic acids is 2. The van der Waals surface area contributed by atoms with Gasteiger partial charge in [-0.15, -0.1) is 0 Å². The molecule has 2 aromatic rings. The van der Waals surface area contributed by atoms with Crippen LogP contribution in [0.1, 0.15) is 30.9 Å². The summed E-state index contributed by atoms with van der Waals surface area (Å²) in [7, 11) is -3.64. The fourth-order valence-electron chi connectivity index (χ4n) is 3.53. The van der Waals surface area contributed by atoms with Crippen LogP contribution < -0.4 is 14.9 Å². The zero-order valence-electron chi connectivity index (χ0n) is 16.5. The molecular weight excluding hydrogens is 404 g/mol. The highest BCUT2D eigenvalue weighted by molar-refractivity contribution is 7.90. The lowest BCUT2D eigenvalue weighted by Crippen LogP contribution is -2.33. The molecule has 2 N–H and O–H groups in total. The zero-order valence-corrected chi connectivity index (χ0v) is 17.3. The van der Waals surface area contributed by atoms with Crippen LogP contribution in [0.25, 0.3) is 0 Å². The average Bonchev–Trinajstić information content (AvgIpc) is 3.27. The van der Waals surface area contributed by atoms with E-state index in [0.29, 0.717) is 18.5 Å². The molecule has 9 heteroatoms. The number of hydrogen-bond donors (Lipinski definition) is 2. The fraction of sp³-hybridized carbons (Fsp3) is 0.286. The number of amidine groups is 1. The van der Waals surface area contributed by atoms with Crippen molar-refractivity contribution >= 4 is 33.4 Å². The number of anilines is 1. The maximum absolute atomic E-state index is 12.4. The second-order valence-electron chi connectivity index (χ2n) is 7.29. The first kappa shape index (κ1) is 20.1. The summed E-state index contributed by atoms with van der Waals surface area (Å²) < 4.78 is 26.7. The number of aliphatic imine (C=N–C) groups is 1. The van der Waals surface area contributed by atoms with E-state index in [1.54, 1.807) is 30.0 Å². The van der Waals surface area contributed by atoms with Crippen molar-refractivity contribution in [2.75, 3.05) is 11.4 Å². The first-order valence-electron chi connectivity index (χ1n) is 9.72. The maximum Gasteiger partial charge on any atom is 0.263 e. The highest BCUT2D eigenvalue weighted by Gasteiger charge is 2.31. The molecule has 0 aromatic heterocycles. The summed E-state index contributed by atoms with van der Waals surface area (Å²) in [5.74, 6) is -0.00846. The highest BCUT2D eigenvalue weighted by atomic mass is 32.2. The first-order valence-corrected chi connectivity index (χ1v) is 11.2. The Labute approximate surface area is 175 Å². The van der Waals surface area contributed by atoms with Crippen molar-refractivity contribution in [1.82, 2.24) is 10.0 Å². The molecule has 2 aliphatic rings. The number of amides is 2. The lowest BCUT2D eigenvalue weighted by Gasteiger charge is -2.16. The Bertz CT molecular complexity index is 1130. The molecule has 0 radical (unpaired) electrons. The second kappa shape index (κ2) is 7.91. The Morgan fingerprint density at radius 1 is 1.20 bits per heavy atom. The third-order valence-electron chi connectivity index (χ3n) is 5.15. The van der Waals surface area contributed by atoms with Gasteiger partial charge in [0.25, 0.3) is 10.0 Å². The smallest absolute Gasteiger partial charge is 0.263 e. The predicted molar refractivity (Wildman–Crippen MR) is 113 cm³/mol. The molecule has 2 aromatic carbocycles. The summed E-state index contributed by atoms with van der Waals surface area (Å²) in [5.41, 5.74) is 2.22. The molecule has 2 aliphatic heterocycles. The number of nitrogens with zero attached hydrogens (tertiary/aromatic N) is 2. The number of rotatable bonds is 5. The van der Waals surface area contributed by atoms with Crippen LogP contribution in [0.15, 0.2) is 58.4 Å². The van der Waals surface area contributed by atoms with Crippen LogP contribution >= 0.6 is 0 Å². The van der Waals surface area contributed by atoms with Gasteiger partial charge >= 0.3 is 0 Å². The minimum atomic E-state index is -3.64. The van der Waals surface area contributed by atoms with Gasteiger partial charge in [-0.05, 0) is 43.2 Å². The Kier molecular flexibility index (Phi) is 5.29. The van der Waals surface area contributed by atoms with Crippen molar-refractivity contribution in [3.63, 3.8) is 0 Å². The van der Waals surface area contributed by atoms with Gasteiger partial charge in [-0.25, -0.2) is 8.42 Å². The first-order chi connectivity index (χ1) is 14.3. The van der Waals surface area contributed by atoms with Gasteiger partial charge in [0.05, 0.1) is 4.90 Å². The van der Waals surface area contributed by atoms with E-state index < -0.39 is 16.1 Å². The Hall–Kier alpha value is -3.20. The third-order valence-corrected chi connectivity index (χ3v) is 6.55. The lowest BCUT2D eigenvalue weighted by atomic mass is 10.2. The Balaban J connectivity index is 1.39. The van der Waals surface area contributed by atoms with E-state index >= 15 is 0 Å². The minimum absolute atomic E-state index is 0.132. The summed E-state index contributed by atoms with van der Waals surface area (Å²) in [6.45, 7) is 2.66. The zero-order chi connectivity index (χ0) is 21.3. The monoisotopic (exact) mass is 426 g/mol. The van der Waals surface area contributed by atoms with Crippen LogP contribution in [-0.4, -0.2) is 38.7 Å². The number of hydrogen-bond acceptors (Lipinski definition) is 5. The van der Waals surface area contributed by atoms with Gasteiger partial charge in [-0.3, -0.25) is 19.3 Å². The Morgan fingerprint density at radius 2 is 1.93 bits per heavy atom. The van der Waals surface area contributed by atoms with Gasteiger partial charge in [0, 0.05) is 30.8 Å². The summed E-state index contributed by atoms with van der Waals surface area (Å²) in [6, 6.07) is 13.3. The van der Waals surface area contributed by atoms with E-state index in [1.165, 1.54) is 6.07 Å². The number of fused-ring (bicyclic) bond motifs is 1. The van der Waals surface area contributed by atoms with Gasteiger partial charge < -0.3 is 10.2 Å². The largest absolute Gasteiger partial charge is 0.350 e. The van der Waals surface area contributed by atoms with Crippen LogP contribution in [0.4, 0.5) is 5.69 Å². The molecule has 30 heavy (non-hydrogen) atoms. The van der Waals surface area contributed by atoms with E-state index in [4.69, 9.17) is 0 Å². The van der Waals surface area contributed by atoms with Crippen LogP contribution in [0.2, 0.25) is 0 Å². The number of carbonyl (C=O) groups is 2. The van der Waals surface area contributed by atoms with Gasteiger partial charge in [0.2, 0.25) is 11.8 Å². The SMILES string of the molecule is C[C@@H](N=C1NS(=O)(=O)c2ccccc21)C(=O)NCc1ccc(N2CCCC2=O)cc1. The molecule has 4 rings (SSSR count). The van der Waals surface area contributed by atoms with Gasteiger partial charge in [0.1, 0.15) is 11.9 Å². The Morgan fingerprint density at radius 3 is 2.63 bits per heavy atom. The maximum atomic E-state index is 12.4. The van der Waals surface area contributed by atoms with Crippen LogP contribution in [0.3, 0.4) is 0 Å². The molecule has 0 bridgehead atoms. The van der Waals surface area contributed by atoms with Gasteiger partial charge in [-0.1, -0.05) is 24.3 Å². The van der Waals surface area contributed by atoms with E-state index in [9.17, 15) is 18.0 Å². The number of sulfonamides is 1. The summed E-state index contributed by atoms with van der Waals surface area (Å²) in [5, 5.41) is 2.81. The van der Waals surface area contributed by atoms with Crippen LogP contribution in [-0.2, 0) is 26.2 Å². The molecule has 156 valence electrons. The van der Waals surface area contributed by atoms with Crippen molar-refractivity contribution in [2.45, 2.75) is 37.2 Å². The third kappa shape index (κ3) is 3.93.